The molecule has 3 rings (SSSR count). The maximum Gasteiger partial charge on any atom is 0.248 e. The van der Waals surface area contributed by atoms with Crippen molar-refractivity contribution in [2.45, 2.75) is 6.42 Å². The second-order valence-electron chi connectivity index (χ2n) is 6.07. The highest BCUT2D eigenvalue weighted by Crippen LogP contribution is 2.30. The minimum Gasteiger partial charge on any atom is -0.492 e. The molecule has 1 fully saturated rings. The van der Waals surface area contributed by atoms with Gasteiger partial charge in [-0.3, -0.25) is 14.4 Å². The van der Waals surface area contributed by atoms with Gasteiger partial charge in [-0.2, -0.15) is 5.10 Å². The number of benzene rings is 1. The van der Waals surface area contributed by atoms with Crippen LogP contribution >= 0.6 is 0 Å². The minimum atomic E-state index is -0.459. The highest BCUT2D eigenvalue weighted by molar-refractivity contribution is 5.94. The van der Waals surface area contributed by atoms with Gasteiger partial charge in [-0.1, -0.05) is 0 Å². The number of aromatic nitrogens is 2. The van der Waals surface area contributed by atoms with Crippen LogP contribution in [0.2, 0.25) is 0 Å². The molecule has 1 aromatic heterocycles. The monoisotopic (exact) mass is 344 g/mol. The van der Waals surface area contributed by atoms with Gasteiger partial charge in [-0.25, -0.2) is 0 Å². The second kappa shape index (κ2) is 8.13. The number of carbonyl (C=O) groups is 1. The standard InChI is InChI=1S/C18H24N4O3/c1-21-16(5-6-20-21)15-13-14(18(19)23)3-4-17(15)25-12-9-22-7-2-10-24-11-8-22/h3-6,13H,2,7-12H2,1H3,(H2,19,23). The van der Waals surface area contributed by atoms with Crippen LogP contribution in [-0.2, 0) is 11.8 Å². The van der Waals surface area contributed by atoms with Crippen molar-refractivity contribution in [3.8, 4) is 17.0 Å². The highest BCUT2D eigenvalue weighted by atomic mass is 16.5. The van der Waals surface area contributed by atoms with Gasteiger partial charge in [0.1, 0.15) is 12.4 Å². The first-order chi connectivity index (χ1) is 12.1. The van der Waals surface area contributed by atoms with E-state index in [1.165, 1.54) is 0 Å². The van der Waals surface area contributed by atoms with E-state index in [0.717, 1.165) is 56.3 Å². The third kappa shape index (κ3) is 4.37. The predicted octanol–water partition coefficient (Wildman–Crippen LogP) is 1.29. The SMILES string of the molecule is Cn1nccc1-c1cc(C(N)=O)ccc1OCCN1CCCOCC1. The zero-order chi connectivity index (χ0) is 17.6. The molecule has 0 bridgehead atoms. The van der Waals surface area contributed by atoms with Crippen molar-refractivity contribution < 1.29 is 14.3 Å². The summed E-state index contributed by atoms with van der Waals surface area (Å²) in [4.78, 5) is 13.9. The number of primary amides is 1. The Bertz CT molecular complexity index is 721. The molecular formula is C18H24N4O3. The minimum absolute atomic E-state index is 0.452. The number of nitrogens with zero attached hydrogens (tertiary/aromatic N) is 3. The average Bonchev–Trinajstić information content (AvgIpc) is 2.86. The largest absolute Gasteiger partial charge is 0.492 e. The summed E-state index contributed by atoms with van der Waals surface area (Å²) in [5.74, 6) is 0.263. The summed E-state index contributed by atoms with van der Waals surface area (Å²) < 4.78 is 13.2. The fraction of sp³-hybridized carbons (Fsp3) is 0.444. The fourth-order valence-electron chi connectivity index (χ4n) is 2.95. The number of nitrogens with two attached hydrogens (primary N) is 1. The molecule has 0 spiro atoms. The first-order valence-electron chi connectivity index (χ1n) is 8.50. The van der Waals surface area contributed by atoms with Gasteiger partial charge in [0.25, 0.3) is 0 Å². The molecule has 7 heteroatoms. The summed E-state index contributed by atoms with van der Waals surface area (Å²) in [6.45, 7) is 4.97. The van der Waals surface area contributed by atoms with Crippen LogP contribution in [0.5, 0.6) is 5.75 Å². The zero-order valence-corrected chi connectivity index (χ0v) is 14.5. The molecule has 1 aliphatic heterocycles. The summed E-state index contributed by atoms with van der Waals surface area (Å²) in [6.07, 6.45) is 2.76. The zero-order valence-electron chi connectivity index (χ0n) is 14.5. The van der Waals surface area contributed by atoms with Crippen LogP contribution in [-0.4, -0.2) is 60.0 Å². The molecule has 25 heavy (non-hydrogen) atoms. The summed E-state index contributed by atoms with van der Waals surface area (Å²) in [5.41, 5.74) is 7.56. The third-order valence-electron chi connectivity index (χ3n) is 4.34. The summed E-state index contributed by atoms with van der Waals surface area (Å²) in [5, 5.41) is 4.20. The van der Waals surface area contributed by atoms with Crippen molar-refractivity contribution >= 4 is 5.91 Å². The quantitative estimate of drug-likeness (QED) is 0.854. The lowest BCUT2D eigenvalue weighted by Gasteiger charge is -2.20. The molecule has 134 valence electrons. The van der Waals surface area contributed by atoms with E-state index in [4.69, 9.17) is 15.2 Å². The topological polar surface area (TPSA) is 82.6 Å². The molecular weight excluding hydrogens is 320 g/mol. The molecule has 2 N–H and O–H groups in total. The van der Waals surface area contributed by atoms with E-state index in [0.29, 0.717) is 12.2 Å². The van der Waals surface area contributed by atoms with Crippen LogP contribution in [0.25, 0.3) is 11.3 Å². The maximum atomic E-state index is 11.5. The Morgan fingerprint density at radius 1 is 1.32 bits per heavy atom. The Kier molecular flexibility index (Phi) is 5.67. The molecule has 7 nitrogen and oxygen atoms in total. The van der Waals surface area contributed by atoms with Crippen LogP contribution in [0.3, 0.4) is 0 Å². The number of amides is 1. The van der Waals surface area contributed by atoms with E-state index in [-0.39, 0.29) is 0 Å². The average molecular weight is 344 g/mol. The van der Waals surface area contributed by atoms with Crippen LogP contribution in [0.15, 0.2) is 30.5 Å². The summed E-state index contributed by atoms with van der Waals surface area (Å²) >= 11 is 0. The molecule has 1 aliphatic rings. The fourth-order valence-corrected chi connectivity index (χ4v) is 2.95. The van der Waals surface area contributed by atoms with Crippen molar-refractivity contribution in [3.05, 3.63) is 36.0 Å². The van der Waals surface area contributed by atoms with Crippen molar-refractivity contribution in [2.75, 3.05) is 39.5 Å². The van der Waals surface area contributed by atoms with E-state index in [2.05, 4.69) is 10.00 Å². The van der Waals surface area contributed by atoms with Crippen molar-refractivity contribution in [2.24, 2.45) is 12.8 Å². The Balaban J connectivity index is 1.73. The van der Waals surface area contributed by atoms with Gasteiger partial charge in [0.2, 0.25) is 5.91 Å². The molecule has 2 heterocycles. The predicted molar refractivity (Wildman–Crippen MR) is 94.5 cm³/mol. The Morgan fingerprint density at radius 3 is 2.96 bits per heavy atom. The molecule has 0 radical (unpaired) electrons. The molecule has 1 saturated heterocycles. The Hall–Kier alpha value is -2.38. The lowest BCUT2D eigenvalue weighted by atomic mass is 10.1. The smallest absolute Gasteiger partial charge is 0.248 e. The van der Waals surface area contributed by atoms with Gasteiger partial charge in [-0.15, -0.1) is 0 Å². The van der Waals surface area contributed by atoms with Crippen LogP contribution in [0.4, 0.5) is 0 Å². The van der Waals surface area contributed by atoms with Crippen molar-refractivity contribution in [3.63, 3.8) is 0 Å². The highest BCUT2D eigenvalue weighted by Gasteiger charge is 2.14. The number of rotatable bonds is 6. The van der Waals surface area contributed by atoms with Crippen molar-refractivity contribution in [1.82, 2.24) is 14.7 Å². The van der Waals surface area contributed by atoms with Gasteiger partial charge in [0.15, 0.2) is 0 Å². The van der Waals surface area contributed by atoms with Gasteiger partial charge >= 0.3 is 0 Å². The van der Waals surface area contributed by atoms with E-state index >= 15 is 0 Å². The van der Waals surface area contributed by atoms with Gasteiger partial charge in [-0.05, 0) is 30.7 Å². The molecule has 1 amide bonds. The molecule has 2 aromatic rings. The molecule has 0 saturated carbocycles. The van der Waals surface area contributed by atoms with Gasteiger partial charge in [0, 0.05) is 50.6 Å². The van der Waals surface area contributed by atoms with E-state index in [1.54, 1.807) is 29.1 Å². The number of aryl methyl sites for hydroxylation is 1. The first kappa shape index (κ1) is 17.4. The molecule has 1 aromatic carbocycles. The Morgan fingerprint density at radius 2 is 2.20 bits per heavy atom. The van der Waals surface area contributed by atoms with Gasteiger partial charge < -0.3 is 15.2 Å². The van der Waals surface area contributed by atoms with Crippen LogP contribution in [0, 0.1) is 0 Å². The summed E-state index contributed by atoms with van der Waals surface area (Å²) in [7, 11) is 1.85. The lowest BCUT2D eigenvalue weighted by molar-refractivity contribution is 0.100. The lowest BCUT2D eigenvalue weighted by Crippen LogP contribution is -2.30. The van der Waals surface area contributed by atoms with Crippen LogP contribution in [0.1, 0.15) is 16.8 Å². The van der Waals surface area contributed by atoms with E-state index in [1.807, 2.05) is 13.1 Å². The molecule has 0 unspecified atom stereocenters. The number of carbonyl (C=O) groups excluding carboxylic acids is 1. The number of hydrogen-bond donors (Lipinski definition) is 1. The molecule has 0 atom stereocenters. The maximum absolute atomic E-state index is 11.5. The third-order valence-corrected chi connectivity index (χ3v) is 4.34. The Labute approximate surface area is 147 Å². The number of ether oxygens (including phenoxy) is 2. The van der Waals surface area contributed by atoms with Crippen molar-refractivity contribution in [1.29, 1.82) is 0 Å². The van der Waals surface area contributed by atoms with Gasteiger partial charge in [0.05, 0.1) is 12.3 Å². The van der Waals surface area contributed by atoms with E-state index in [9.17, 15) is 4.79 Å². The second-order valence-corrected chi connectivity index (χ2v) is 6.07. The summed E-state index contributed by atoms with van der Waals surface area (Å²) in [6, 6.07) is 7.14. The molecule has 0 aliphatic carbocycles. The van der Waals surface area contributed by atoms with Crippen LogP contribution < -0.4 is 10.5 Å². The number of hydrogen-bond acceptors (Lipinski definition) is 5. The normalized spacial score (nSPS) is 15.7. The first-order valence-corrected chi connectivity index (χ1v) is 8.50. The van der Waals surface area contributed by atoms with E-state index < -0.39 is 5.91 Å².